The van der Waals surface area contributed by atoms with E-state index in [1.807, 2.05) is 0 Å². The quantitative estimate of drug-likeness (QED) is 0.459. The summed E-state index contributed by atoms with van der Waals surface area (Å²) in [5, 5.41) is -1.45. The number of nitrogens with zero attached hydrogens (tertiary/aromatic N) is 2. The minimum absolute atomic E-state index is 0.379. The van der Waals surface area contributed by atoms with Gasteiger partial charge in [-0.3, -0.25) is 0 Å². The Morgan fingerprint density at radius 2 is 1.32 bits per heavy atom. The highest BCUT2D eigenvalue weighted by molar-refractivity contribution is 6.37. The van der Waals surface area contributed by atoms with Gasteiger partial charge in [0.25, 0.3) is 0 Å². The second-order valence-corrected chi connectivity index (χ2v) is 6.30. The van der Waals surface area contributed by atoms with Crippen LogP contribution in [0.4, 0.5) is 43.9 Å². The van der Waals surface area contributed by atoms with E-state index in [9.17, 15) is 43.9 Å². The third-order valence-corrected chi connectivity index (χ3v) is 4.22. The van der Waals surface area contributed by atoms with E-state index in [1.165, 1.54) is 0 Å². The molecule has 0 aliphatic rings. The van der Waals surface area contributed by atoms with Crippen LogP contribution in [0.5, 0.6) is 0 Å². The van der Waals surface area contributed by atoms with E-state index >= 15 is 0 Å². The molecule has 0 fully saturated rings. The SMILES string of the molecule is Cc1c(C(F)(F)C(F)(F)C(F)(F)F)ncn1-c1c(Cl)cc(C(F)(F)F)cc1Cl. The highest BCUT2D eigenvalue weighted by Gasteiger charge is 2.74. The van der Waals surface area contributed by atoms with Crippen LogP contribution < -0.4 is 0 Å². The third kappa shape index (κ3) is 3.51. The van der Waals surface area contributed by atoms with Gasteiger partial charge in [-0.25, -0.2) is 4.98 Å². The van der Waals surface area contributed by atoms with Crippen LogP contribution in [0.1, 0.15) is 17.0 Å². The Hall–Kier alpha value is -1.69. The number of hydrogen-bond acceptors (Lipinski definition) is 1. The first-order valence-electron chi connectivity index (χ1n) is 6.86. The van der Waals surface area contributed by atoms with Crippen molar-refractivity contribution in [3.05, 3.63) is 45.5 Å². The van der Waals surface area contributed by atoms with Crippen molar-refractivity contribution in [3.8, 4) is 5.69 Å². The first-order chi connectivity index (χ1) is 12.4. The molecule has 0 atom stereocenters. The number of imidazole rings is 1. The summed E-state index contributed by atoms with van der Waals surface area (Å²) in [6.07, 6.45) is -11.1. The molecule has 1 aromatic carbocycles. The summed E-state index contributed by atoms with van der Waals surface area (Å²) in [6.45, 7) is 0.701. The van der Waals surface area contributed by atoms with Gasteiger partial charge in [0.05, 0.1) is 21.3 Å². The van der Waals surface area contributed by atoms with Crippen LogP contribution in [0, 0.1) is 6.92 Å². The van der Waals surface area contributed by atoms with Gasteiger partial charge >= 0.3 is 24.2 Å². The first kappa shape index (κ1) is 22.6. The fraction of sp³-hybridized carbons (Fsp3) is 0.357. The lowest BCUT2D eigenvalue weighted by atomic mass is 10.1. The van der Waals surface area contributed by atoms with Gasteiger partial charge in [0.1, 0.15) is 12.0 Å². The van der Waals surface area contributed by atoms with E-state index in [-0.39, 0.29) is 0 Å². The zero-order chi connectivity index (χ0) is 21.9. The minimum atomic E-state index is -6.59. The number of hydrogen-bond donors (Lipinski definition) is 0. The molecule has 0 radical (unpaired) electrons. The minimum Gasteiger partial charge on any atom is -0.300 e. The summed E-state index contributed by atoms with van der Waals surface area (Å²) >= 11 is 11.4. The monoisotopic (exact) mass is 462 g/mol. The third-order valence-electron chi connectivity index (χ3n) is 3.64. The lowest BCUT2D eigenvalue weighted by molar-refractivity contribution is -0.360. The molecule has 0 aliphatic heterocycles. The molecule has 2 rings (SSSR count). The maximum atomic E-state index is 13.9. The Kier molecular flexibility index (Phi) is 5.39. The van der Waals surface area contributed by atoms with E-state index in [4.69, 9.17) is 23.2 Å². The van der Waals surface area contributed by atoms with Crippen molar-refractivity contribution < 1.29 is 43.9 Å². The van der Waals surface area contributed by atoms with Crippen molar-refractivity contribution >= 4 is 23.2 Å². The smallest absolute Gasteiger partial charge is 0.300 e. The molecular formula is C14H6Cl2F10N2. The van der Waals surface area contributed by atoms with Gasteiger partial charge in [-0.1, -0.05) is 23.2 Å². The van der Waals surface area contributed by atoms with Crippen molar-refractivity contribution in [2.45, 2.75) is 31.1 Å². The summed E-state index contributed by atoms with van der Waals surface area (Å²) in [5.41, 5.74) is -4.73. The van der Waals surface area contributed by atoms with Crippen molar-refractivity contribution in [1.29, 1.82) is 0 Å². The van der Waals surface area contributed by atoms with Gasteiger partial charge < -0.3 is 4.57 Å². The Bertz CT molecular complexity index is 875. The van der Waals surface area contributed by atoms with Gasteiger partial charge in [-0.05, 0) is 19.1 Å². The van der Waals surface area contributed by atoms with Crippen LogP contribution in [0.15, 0.2) is 18.5 Å². The number of benzene rings is 1. The molecule has 0 bridgehead atoms. The molecule has 28 heavy (non-hydrogen) atoms. The van der Waals surface area contributed by atoms with Crippen LogP contribution >= 0.6 is 23.2 Å². The van der Waals surface area contributed by atoms with E-state index in [2.05, 4.69) is 4.98 Å². The predicted molar refractivity (Wildman–Crippen MR) is 78.2 cm³/mol. The van der Waals surface area contributed by atoms with Crippen molar-refractivity contribution in [3.63, 3.8) is 0 Å². The molecule has 156 valence electrons. The molecule has 1 heterocycles. The summed E-state index contributed by atoms with van der Waals surface area (Å²) < 4.78 is 130. The molecule has 0 N–H and O–H groups in total. The summed E-state index contributed by atoms with van der Waals surface area (Å²) in [7, 11) is 0. The fourth-order valence-corrected chi connectivity index (χ4v) is 2.90. The Morgan fingerprint density at radius 3 is 1.71 bits per heavy atom. The number of rotatable bonds is 3. The molecule has 2 aromatic rings. The summed E-state index contributed by atoms with van der Waals surface area (Å²) in [6, 6.07) is 0.759. The largest absolute Gasteiger partial charge is 0.460 e. The maximum Gasteiger partial charge on any atom is 0.460 e. The molecule has 0 unspecified atom stereocenters. The molecule has 1 aromatic heterocycles. The van der Waals surface area contributed by atoms with E-state index in [0.29, 0.717) is 30.0 Å². The van der Waals surface area contributed by atoms with Gasteiger partial charge in [-0.15, -0.1) is 0 Å². The van der Waals surface area contributed by atoms with Crippen LogP contribution in [0.25, 0.3) is 5.69 Å². The second kappa shape index (κ2) is 6.68. The van der Waals surface area contributed by atoms with Gasteiger partial charge in [0.15, 0.2) is 0 Å². The average Bonchev–Trinajstić information content (AvgIpc) is 2.86. The van der Waals surface area contributed by atoms with Gasteiger partial charge in [0, 0.05) is 5.69 Å². The standard InChI is InChI=1S/C14H6Cl2F10N2/c1-5-10(11(17,18)13(22,23)14(24,25)26)27-4-28(5)9-7(15)2-6(3-8(9)16)12(19,20)21/h2-4H,1H3. The van der Waals surface area contributed by atoms with E-state index in [0.717, 1.165) is 0 Å². The molecule has 0 amide bonds. The van der Waals surface area contributed by atoms with Crippen LogP contribution in [0.3, 0.4) is 0 Å². The Morgan fingerprint density at radius 1 is 0.857 bits per heavy atom. The molecule has 2 nitrogen and oxygen atoms in total. The molecule has 14 heteroatoms. The van der Waals surface area contributed by atoms with Crippen LogP contribution in [0.2, 0.25) is 10.0 Å². The van der Waals surface area contributed by atoms with Crippen LogP contribution in [-0.4, -0.2) is 21.6 Å². The molecular weight excluding hydrogens is 457 g/mol. The molecule has 0 saturated heterocycles. The average molecular weight is 463 g/mol. The lowest BCUT2D eigenvalue weighted by Crippen LogP contribution is -2.50. The molecule has 0 spiro atoms. The summed E-state index contributed by atoms with van der Waals surface area (Å²) in [5.74, 6) is -12.2. The first-order valence-corrected chi connectivity index (χ1v) is 7.62. The maximum absolute atomic E-state index is 13.9. The van der Waals surface area contributed by atoms with E-state index < -0.39 is 56.9 Å². The van der Waals surface area contributed by atoms with Gasteiger partial charge in [-0.2, -0.15) is 43.9 Å². The lowest BCUT2D eigenvalue weighted by Gasteiger charge is -2.27. The zero-order valence-corrected chi connectivity index (χ0v) is 14.7. The Balaban J connectivity index is 2.64. The van der Waals surface area contributed by atoms with Crippen molar-refractivity contribution in [2.75, 3.05) is 0 Å². The molecule has 0 saturated carbocycles. The molecule has 0 aliphatic carbocycles. The second-order valence-electron chi connectivity index (χ2n) is 5.48. The fourth-order valence-electron chi connectivity index (χ4n) is 2.23. The van der Waals surface area contributed by atoms with E-state index in [1.54, 1.807) is 0 Å². The Labute approximate surface area is 159 Å². The highest BCUT2D eigenvalue weighted by atomic mass is 35.5. The zero-order valence-electron chi connectivity index (χ0n) is 13.2. The normalized spacial score (nSPS) is 13.9. The van der Waals surface area contributed by atoms with Crippen molar-refractivity contribution in [1.82, 2.24) is 9.55 Å². The predicted octanol–water partition coefficient (Wildman–Crippen LogP) is 6.80. The topological polar surface area (TPSA) is 17.8 Å². The van der Waals surface area contributed by atoms with Crippen molar-refractivity contribution in [2.24, 2.45) is 0 Å². The number of alkyl halides is 10. The van der Waals surface area contributed by atoms with Crippen LogP contribution in [-0.2, 0) is 12.1 Å². The number of halogens is 12. The summed E-state index contributed by atoms with van der Waals surface area (Å²) in [4.78, 5) is 2.89. The van der Waals surface area contributed by atoms with Gasteiger partial charge in [0.2, 0.25) is 0 Å². The highest BCUT2D eigenvalue weighted by Crippen LogP contribution is 2.52. The number of aromatic nitrogens is 2.